The SMILES string of the molecule is COc1cc(CN(C)C)c(CC=C(C)C)c(OC)c1O. The highest BCUT2D eigenvalue weighted by Gasteiger charge is 2.18. The summed E-state index contributed by atoms with van der Waals surface area (Å²) >= 11 is 0. The van der Waals surface area contributed by atoms with Crippen LogP contribution < -0.4 is 9.47 Å². The minimum absolute atomic E-state index is 0.0645. The molecule has 1 rings (SSSR count). The molecule has 0 amide bonds. The van der Waals surface area contributed by atoms with Crippen molar-refractivity contribution in [2.75, 3.05) is 28.3 Å². The Labute approximate surface area is 121 Å². The molecule has 0 aromatic heterocycles. The fraction of sp³-hybridized carbons (Fsp3) is 0.500. The Morgan fingerprint density at radius 2 is 1.90 bits per heavy atom. The van der Waals surface area contributed by atoms with E-state index in [1.807, 2.05) is 20.2 Å². The Kier molecular flexibility index (Phi) is 5.89. The summed E-state index contributed by atoms with van der Waals surface area (Å²) in [5.41, 5.74) is 3.33. The van der Waals surface area contributed by atoms with Gasteiger partial charge in [-0.05, 0) is 46.0 Å². The Bertz CT molecular complexity index is 489. The molecule has 4 nitrogen and oxygen atoms in total. The molecule has 0 bridgehead atoms. The standard InChI is InChI=1S/C16H25NO3/c1-11(2)7-8-13-12(10-17(3)4)9-14(19-5)15(18)16(13)20-6/h7,9,18H,8,10H2,1-6H3. The summed E-state index contributed by atoms with van der Waals surface area (Å²) in [6.07, 6.45) is 2.86. The Hall–Kier alpha value is -1.68. The van der Waals surface area contributed by atoms with Crippen LogP contribution in [0.2, 0.25) is 0 Å². The van der Waals surface area contributed by atoms with Gasteiger partial charge in [-0.15, -0.1) is 0 Å². The minimum atomic E-state index is 0.0645. The summed E-state index contributed by atoms with van der Waals surface area (Å²) in [7, 11) is 7.14. The van der Waals surface area contributed by atoms with Gasteiger partial charge in [0, 0.05) is 12.1 Å². The van der Waals surface area contributed by atoms with E-state index in [4.69, 9.17) is 9.47 Å². The van der Waals surface area contributed by atoms with E-state index in [0.29, 0.717) is 11.5 Å². The predicted octanol–water partition coefficient (Wildman–Crippen LogP) is 2.98. The molecule has 0 spiro atoms. The van der Waals surface area contributed by atoms with Gasteiger partial charge in [-0.3, -0.25) is 0 Å². The van der Waals surface area contributed by atoms with Crippen molar-refractivity contribution in [2.45, 2.75) is 26.8 Å². The molecule has 112 valence electrons. The van der Waals surface area contributed by atoms with Gasteiger partial charge in [0.2, 0.25) is 5.75 Å². The van der Waals surface area contributed by atoms with Crippen molar-refractivity contribution in [3.05, 3.63) is 28.8 Å². The van der Waals surface area contributed by atoms with Gasteiger partial charge in [0.15, 0.2) is 11.5 Å². The first kappa shape index (κ1) is 16.4. The summed E-state index contributed by atoms with van der Waals surface area (Å²) in [4.78, 5) is 2.08. The van der Waals surface area contributed by atoms with E-state index < -0.39 is 0 Å². The maximum Gasteiger partial charge on any atom is 0.201 e. The zero-order chi connectivity index (χ0) is 15.3. The van der Waals surface area contributed by atoms with E-state index in [-0.39, 0.29) is 5.75 Å². The van der Waals surface area contributed by atoms with Crippen LogP contribution in [0.3, 0.4) is 0 Å². The number of ether oxygens (including phenoxy) is 2. The average Bonchev–Trinajstić information content (AvgIpc) is 2.37. The summed E-state index contributed by atoms with van der Waals surface area (Å²) in [6, 6.07) is 1.88. The first-order valence-corrected chi connectivity index (χ1v) is 6.64. The second-order valence-electron chi connectivity index (χ2n) is 5.32. The second-order valence-corrected chi connectivity index (χ2v) is 5.32. The third kappa shape index (κ3) is 3.90. The van der Waals surface area contributed by atoms with Gasteiger partial charge in [0.05, 0.1) is 14.2 Å². The topological polar surface area (TPSA) is 41.9 Å². The van der Waals surface area contributed by atoms with Crippen molar-refractivity contribution in [1.29, 1.82) is 0 Å². The zero-order valence-corrected chi connectivity index (χ0v) is 13.3. The molecule has 1 aromatic rings. The third-order valence-electron chi connectivity index (χ3n) is 3.04. The fourth-order valence-electron chi connectivity index (χ4n) is 2.10. The summed E-state index contributed by atoms with van der Waals surface area (Å²) in [5, 5.41) is 10.2. The molecule has 0 heterocycles. The molecular formula is C16H25NO3. The van der Waals surface area contributed by atoms with Gasteiger partial charge in [-0.25, -0.2) is 0 Å². The van der Waals surface area contributed by atoms with Gasteiger partial charge in [-0.1, -0.05) is 11.6 Å². The van der Waals surface area contributed by atoms with E-state index in [9.17, 15) is 5.11 Å². The van der Waals surface area contributed by atoms with Gasteiger partial charge in [0.1, 0.15) is 0 Å². The smallest absolute Gasteiger partial charge is 0.201 e. The number of methoxy groups -OCH3 is 2. The van der Waals surface area contributed by atoms with Crippen LogP contribution in [-0.2, 0) is 13.0 Å². The molecule has 0 aliphatic carbocycles. The Morgan fingerprint density at radius 3 is 2.35 bits per heavy atom. The molecule has 0 aliphatic rings. The van der Waals surface area contributed by atoms with Crippen molar-refractivity contribution in [3.63, 3.8) is 0 Å². The van der Waals surface area contributed by atoms with Gasteiger partial charge < -0.3 is 19.5 Å². The van der Waals surface area contributed by atoms with E-state index in [0.717, 1.165) is 24.1 Å². The zero-order valence-electron chi connectivity index (χ0n) is 13.3. The molecule has 4 heteroatoms. The number of phenolic OH excluding ortho intramolecular Hbond substituents is 1. The van der Waals surface area contributed by atoms with E-state index in [1.54, 1.807) is 14.2 Å². The number of benzene rings is 1. The Balaban J connectivity index is 3.40. The van der Waals surface area contributed by atoms with Gasteiger partial charge in [-0.2, -0.15) is 0 Å². The molecular weight excluding hydrogens is 254 g/mol. The normalized spacial score (nSPS) is 10.6. The highest BCUT2D eigenvalue weighted by molar-refractivity contribution is 5.58. The van der Waals surface area contributed by atoms with E-state index >= 15 is 0 Å². The number of aromatic hydroxyl groups is 1. The van der Waals surface area contributed by atoms with Crippen molar-refractivity contribution >= 4 is 0 Å². The number of rotatable bonds is 6. The van der Waals surface area contributed by atoms with Crippen molar-refractivity contribution in [1.82, 2.24) is 4.90 Å². The van der Waals surface area contributed by atoms with Crippen LogP contribution in [0.4, 0.5) is 0 Å². The highest BCUT2D eigenvalue weighted by Crippen LogP contribution is 2.41. The first-order valence-electron chi connectivity index (χ1n) is 6.64. The summed E-state index contributed by atoms with van der Waals surface area (Å²) in [5.74, 6) is 1.01. The average molecular weight is 279 g/mol. The maximum atomic E-state index is 10.2. The summed E-state index contributed by atoms with van der Waals surface area (Å²) in [6.45, 7) is 4.88. The molecule has 0 aliphatic heterocycles. The molecule has 1 aromatic carbocycles. The van der Waals surface area contributed by atoms with Gasteiger partial charge in [0.25, 0.3) is 0 Å². The number of hydrogen-bond acceptors (Lipinski definition) is 4. The van der Waals surface area contributed by atoms with Crippen LogP contribution in [0.1, 0.15) is 25.0 Å². The van der Waals surface area contributed by atoms with E-state index in [1.165, 1.54) is 5.57 Å². The lowest BCUT2D eigenvalue weighted by atomic mass is 10.00. The molecule has 0 atom stereocenters. The lowest BCUT2D eigenvalue weighted by Gasteiger charge is -2.19. The second kappa shape index (κ2) is 7.20. The quantitative estimate of drug-likeness (QED) is 0.813. The number of hydrogen-bond donors (Lipinski definition) is 1. The molecule has 0 unspecified atom stereocenters. The lowest BCUT2D eigenvalue weighted by molar-refractivity contribution is 0.333. The van der Waals surface area contributed by atoms with Crippen LogP contribution in [-0.4, -0.2) is 38.3 Å². The van der Waals surface area contributed by atoms with Crippen LogP contribution in [0.25, 0.3) is 0 Å². The van der Waals surface area contributed by atoms with Crippen LogP contribution in [0, 0.1) is 0 Å². The van der Waals surface area contributed by atoms with E-state index in [2.05, 4.69) is 24.8 Å². The van der Waals surface area contributed by atoms with Crippen molar-refractivity contribution < 1.29 is 14.6 Å². The molecule has 0 radical (unpaired) electrons. The van der Waals surface area contributed by atoms with Crippen LogP contribution in [0.5, 0.6) is 17.2 Å². The highest BCUT2D eigenvalue weighted by atomic mass is 16.5. The molecule has 0 saturated heterocycles. The molecule has 1 N–H and O–H groups in total. The minimum Gasteiger partial charge on any atom is -0.502 e. The van der Waals surface area contributed by atoms with Crippen LogP contribution in [0.15, 0.2) is 17.7 Å². The number of allylic oxidation sites excluding steroid dienone is 2. The van der Waals surface area contributed by atoms with Crippen molar-refractivity contribution in [2.24, 2.45) is 0 Å². The predicted molar refractivity (Wildman–Crippen MR) is 81.7 cm³/mol. The van der Waals surface area contributed by atoms with Crippen LogP contribution >= 0.6 is 0 Å². The third-order valence-corrected chi connectivity index (χ3v) is 3.04. The molecule has 0 saturated carbocycles. The maximum absolute atomic E-state index is 10.2. The number of nitrogens with zero attached hydrogens (tertiary/aromatic N) is 1. The largest absolute Gasteiger partial charge is 0.502 e. The Morgan fingerprint density at radius 1 is 1.25 bits per heavy atom. The monoisotopic (exact) mass is 279 g/mol. The first-order chi connectivity index (χ1) is 9.40. The molecule has 20 heavy (non-hydrogen) atoms. The lowest BCUT2D eigenvalue weighted by Crippen LogP contribution is -2.13. The summed E-state index contributed by atoms with van der Waals surface area (Å²) < 4.78 is 10.6. The fourth-order valence-corrected chi connectivity index (χ4v) is 2.10. The van der Waals surface area contributed by atoms with Gasteiger partial charge >= 0.3 is 0 Å². The molecule has 0 fully saturated rings. The van der Waals surface area contributed by atoms with Crippen molar-refractivity contribution in [3.8, 4) is 17.2 Å². The number of phenols is 1.